The van der Waals surface area contributed by atoms with Gasteiger partial charge in [-0.05, 0) is 174 Å². The highest BCUT2D eigenvalue weighted by atomic mass is 33.1. The summed E-state index contributed by atoms with van der Waals surface area (Å²) in [7, 11) is 5.96. The van der Waals surface area contributed by atoms with Crippen molar-refractivity contribution in [3.8, 4) is 0 Å². The minimum Gasteiger partial charge on any atom is -0.375 e. The Bertz CT molecular complexity index is 1540. The van der Waals surface area contributed by atoms with Gasteiger partial charge in [-0.3, -0.25) is 0 Å². The Morgan fingerprint density at radius 3 is 0.429 bits per heavy atom. The SMILES string of the molecule is CCO[Si](CCCSSCCCCCCSSCCC[Si](OCC)(OCC)O[Si](CCCSSCCCCCCSSCCC[Si](OCC)(OCC)OCC)(OCC)O[Si](CCCSSCCCCCCSSCCC[Si](OCC)(OCC)OCC)(OCC)OCC)(OCC)OCC. The fourth-order valence-corrected chi connectivity index (χ4v) is 45.3. The molecule has 16 nitrogen and oxygen atoms in total. The van der Waals surface area contributed by atoms with Gasteiger partial charge in [0.1, 0.15) is 0 Å². The summed E-state index contributed by atoms with van der Waals surface area (Å²) in [6.07, 6.45) is 21.0. The molecule has 0 aromatic carbocycles. The average Bonchev–Trinajstić information content (AvgIpc) is 0.788. The molecule has 0 aliphatic rings. The zero-order valence-electron chi connectivity index (χ0n) is 63.8. The highest BCUT2D eigenvalue weighted by Crippen LogP contribution is 2.38. The van der Waals surface area contributed by atoms with E-state index in [1.54, 1.807) is 0 Å². The van der Waals surface area contributed by atoms with Gasteiger partial charge >= 0.3 is 52.8 Å². The van der Waals surface area contributed by atoms with Crippen molar-refractivity contribution < 1.29 is 70.2 Å². The van der Waals surface area contributed by atoms with Crippen LogP contribution in [0.5, 0.6) is 0 Å². The molecule has 0 aromatic heterocycles. The van der Waals surface area contributed by atoms with Crippen LogP contribution >= 0.6 is 130 Å². The van der Waals surface area contributed by atoms with E-state index in [0.29, 0.717) is 111 Å². The van der Waals surface area contributed by atoms with Crippen LogP contribution in [-0.2, 0) is 70.2 Å². The summed E-state index contributed by atoms with van der Waals surface area (Å²) in [6, 6.07) is 4.71. The van der Waals surface area contributed by atoms with Crippen LogP contribution in [0.2, 0.25) is 36.3 Å². The molecule has 0 heterocycles. The second kappa shape index (κ2) is 73.3. The molecule has 0 atom stereocenters. The molecule has 0 N–H and O–H groups in total. The first-order valence-electron chi connectivity index (χ1n) is 37.7. The molecule has 0 rings (SSSR count). The van der Waals surface area contributed by atoms with E-state index >= 15 is 0 Å². The lowest BCUT2D eigenvalue weighted by Gasteiger charge is -2.42. The summed E-state index contributed by atoms with van der Waals surface area (Å²) in [5.74, 6) is 13.3. The van der Waals surface area contributed by atoms with Crippen molar-refractivity contribution in [1.82, 2.24) is 0 Å². The first kappa shape index (κ1) is 103. The Labute approximate surface area is 656 Å². The molecule has 98 heavy (non-hydrogen) atoms. The maximum atomic E-state index is 7.55. The van der Waals surface area contributed by atoms with Gasteiger partial charge in [0.05, 0.1) is 0 Å². The smallest absolute Gasteiger partial charge is 0.375 e. The monoisotopic (exact) mass is 1720 g/mol. The van der Waals surface area contributed by atoms with Crippen LogP contribution < -0.4 is 0 Å². The van der Waals surface area contributed by atoms with Crippen molar-refractivity contribution in [1.29, 1.82) is 0 Å². The molecule has 34 heteroatoms. The number of rotatable bonds is 83. The largest absolute Gasteiger partial charge is 0.500 e. The van der Waals surface area contributed by atoms with Gasteiger partial charge in [-0.1, -0.05) is 168 Å². The summed E-state index contributed by atoms with van der Waals surface area (Å²) in [5.41, 5.74) is 0. The van der Waals surface area contributed by atoms with E-state index in [9.17, 15) is 0 Å². The van der Waals surface area contributed by atoms with Crippen molar-refractivity contribution in [2.45, 2.75) is 249 Å². The lowest BCUT2D eigenvalue weighted by molar-refractivity contribution is 0.0395. The summed E-state index contributed by atoms with van der Waals surface area (Å²) in [5, 5.41) is 0. The molecule has 0 saturated heterocycles. The van der Waals surface area contributed by atoms with Gasteiger partial charge in [0.2, 0.25) is 0 Å². The van der Waals surface area contributed by atoms with E-state index in [2.05, 4.69) is 34.6 Å². The molecule has 0 saturated carbocycles. The first-order valence-corrected chi connectivity index (χ1v) is 64.2. The van der Waals surface area contributed by atoms with Crippen LogP contribution in [0.15, 0.2) is 0 Å². The van der Waals surface area contributed by atoms with Gasteiger partial charge in [-0.2, -0.15) is 0 Å². The number of unbranched alkanes of at least 4 members (excludes halogenated alkanes) is 9. The fraction of sp³-hybridized carbons (Fsp3) is 1.00. The third-order valence-electron chi connectivity index (χ3n) is 14.1. The lowest BCUT2D eigenvalue weighted by atomic mass is 10.2. The minimum atomic E-state index is -3.56. The Morgan fingerprint density at radius 1 is 0.143 bits per heavy atom. The van der Waals surface area contributed by atoms with Crippen LogP contribution in [0, 0.1) is 0 Å². The number of hydrogen-bond acceptors (Lipinski definition) is 28. The quantitative estimate of drug-likeness (QED) is 0.0323. The second-order valence-corrected chi connectivity index (χ2v) is 55.2. The normalized spacial score (nSPS) is 12.9. The van der Waals surface area contributed by atoms with Gasteiger partial charge in [-0.25, -0.2) is 0 Å². The van der Waals surface area contributed by atoms with Crippen LogP contribution in [-0.4, -0.2) is 214 Å². The molecule has 0 aliphatic carbocycles. The molecule has 0 amide bonds. The topological polar surface area (TPSA) is 148 Å². The Hall–Kier alpha value is 4.86. The van der Waals surface area contributed by atoms with Crippen LogP contribution in [0.4, 0.5) is 0 Å². The van der Waals surface area contributed by atoms with E-state index in [0.717, 1.165) is 108 Å². The third kappa shape index (κ3) is 54.5. The average molecular weight is 1720 g/mol. The predicted octanol–water partition coefficient (Wildman–Crippen LogP) is 22.5. The Morgan fingerprint density at radius 2 is 0.265 bits per heavy atom. The van der Waals surface area contributed by atoms with Crippen LogP contribution in [0.1, 0.15) is 213 Å². The van der Waals surface area contributed by atoms with Crippen molar-refractivity contribution in [3.63, 3.8) is 0 Å². The molecular weight excluding hydrogens is 1580 g/mol. The molecule has 0 bridgehead atoms. The zero-order valence-corrected chi connectivity index (χ0v) is 79.6. The molecule has 0 fully saturated rings. The summed E-state index contributed by atoms with van der Waals surface area (Å²) >= 11 is 0. The van der Waals surface area contributed by atoms with Gasteiger partial charge in [0.25, 0.3) is 0 Å². The molecule has 0 unspecified atom stereocenters. The van der Waals surface area contributed by atoms with Crippen molar-refractivity contribution >= 4 is 182 Å². The summed E-state index contributed by atoms with van der Waals surface area (Å²) in [6.45, 7) is 36.6. The predicted molar refractivity (Wildman–Crippen MR) is 461 cm³/mol. The van der Waals surface area contributed by atoms with Crippen molar-refractivity contribution in [2.75, 3.05) is 162 Å². The fourth-order valence-electron chi connectivity index (χ4n) is 10.2. The third-order valence-corrected chi connectivity index (χ3v) is 50.5. The second-order valence-electron chi connectivity index (χ2n) is 22.1. The van der Waals surface area contributed by atoms with Gasteiger partial charge in [-0.15, -0.1) is 0 Å². The van der Waals surface area contributed by atoms with Crippen LogP contribution in [0.25, 0.3) is 0 Å². The highest BCUT2D eigenvalue weighted by Gasteiger charge is 2.59. The molecule has 0 spiro atoms. The molecule has 0 aromatic rings. The van der Waals surface area contributed by atoms with Crippen LogP contribution in [0.3, 0.4) is 0 Å². The maximum absolute atomic E-state index is 7.55. The van der Waals surface area contributed by atoms with E-state index < -0.39 is 52.8 Å². The van der Waals surface area contributed by atoms with Gasteiger partial charge in [0, 0.05) is 198 Å². The van der Waals surface area contributed by atoms with E-state index in [4.69, 9.17) is 70.2 Å². The van der Waals surface area contributed by atoms with E-state index in [1.807, 2.05) is 192 Å². The Balaban J connectivity index is 5.63. The van der Waals surface area contributed by atoms with Crippen molar-refractivity contribution in [3.05, 3.63) is 0 Å². The molecule has 0 radical (unpaired) electrons. The summed E-state index contributed by atoms with van der Waals surface area (Å²) < 4.78 is 104. The first-order chi connectivity index (χ1) is 47.9. The lowest BCUT2D eigenvalue weighted by Crippen LogP contribution is -2.64. The molecular formula is C64H142O16S12Si6. The summed E-state index contributed by atoms with van der Waals surface area (Å²) in [4.78, 5) is 0. The number of hydrogen-bond donors (Lipinski definition) is 0. The van der Waals surface area contributed by atoms with Gasteiger partial charge < -0.3 is 70.2 Å². The van der Waals surface area contributed by atoms with Gasteiger partial charge in [0.15, 0.2) is 0 Å². The highest BCUT2D eigenvalue weighted by molar-refractivity contribution is 8.78. The van der Waals surface area contributed by atoms with Crippen molar-refractivity contribution in [2.24, 2.45) is 0 Å². The minimum absolute atomic E-state index is 0.453. The standard InChI is InChI=1S/C64H142O16S12Si6/c1-15-65-93(66-16-2,67-17-3)59-41-53-87-81-47-35-29-32-38-50-84-90-56-44-62-96(74-24-10,75-25-11)79-98(78-28-14,64-46-58-92-86-52-40-34-31-37-49-83-89-55-43-61-95(71-21-7,72-22-8)73-23-9)80-97(76-26-12,77-27-13)63-45-57-91-85-51-39-33-30-36-48-82-88-54-42-60-94(68-18-4,69-19-5)70-20-6/h15-64H2,1-14H3. The van der Waals surface area contributed by atoms with E-state index in [1.165, 1.54) is 94.3 Å². The van der Waals surface area contributed by atoms with E-state index in [-0.39, 0.29) is 0 Å². The molecule has 0 aliphatic heterocycles. The zero-order chi connectivity index (χ0) is 72.2. The molecule has 590 valence electrons. The maximum Gasteiger partial charge on any atom is 0.500 e. The Kier molecular flexibility index (Phi) is 77.0.